The molecule has 0 heterocycles. The smallest absolute Gasteiger partial charge is 0.0894 e. The predicted molar refractivity (Wildman–Crippen MR) is 76.2 cm³/mol. The van der Waals surface area contributed by atoms with E-state index in [1.54, 1.807) is 0 Å². The predicted octanol–water partition coefficient (Wildman–Crippen LogP) is 6.29. The van der Waals surface area contributed by atoms with Gasteiger partial charge < -0.3 is 0 Å². The molecule has 1 heteroatoms. The molecule has 0 amide bonds. The van der Waals surface area contributed by atoms with E-state index in [9.17, 15) is 4.39 Å². The van der Waals surface area contributed by atoms with Crippen LogP contribution in [0.25, 0.3) is 0 Å². The van der Waals surface area contributed by atoms with Crippen molar-refractivity contribution in [3.05, 3.63) is 0 Å². The van der Waals surface area contributed by atoms with Crippen molar-refractivity contribution in [3.8, 4) is 0 Å². The van der Waals surface area contributed by atoms with Crippen molar-refractivity contribution in [1.82, 2.24) is 0 Å². The quantitative estimate of drug-likeness (QED) is 0.334. The molecule has 0 N–H and O–H groups in total. The molecule has 0 aliphatic rings. The van der Waals surface area contributed by atoms with E-state index in [0.717, 1.165) is 18.8 Å². The van der Waals surface area contributed by atoms with E-state index in [2.05, 4.69) is 13.8 Å². The molecule has 0 rings (SSSR count). The average Bonchev–Trinajstić information content (AvgIpc) is 2.35. The second kappa shape index (κ2) is 14.0. The second-order valence-electron chi connectivity index (χ2n) is 5.40. The summed E-state index contributed by atoms with van der Waals surface area (Å²) in [6, 6.07) is 0. The molecule has 0 saturated heterocycles. The molecular formula is C16H33F. The van der Waals surface area contributed by atoms with Gasteiger partial charge in [-0.15, -0.1) is 0 Å². The summed E-state index contributed by atoms with van der Waals surface area (Å²) in [6.45, 7) is 4.39. The highest BCUT2D eigenvalue weighted by atomic mass is 19.1. The Balaban J connectivity index is 3.56. The highest BCUT2D eigenvalue weighted by Gasteiger charge is 2.08. The SMILES string of the molecule is CCCCCCC(CCCF)CCCCCC. The van der Waals surface area contributed by atoms with Gasteiger partial charge in [-0.05, 0) is 18.8 Å². The fraction of sp³-hybridized carbons (Fsp3) is 1.00. The first-order valence-corrected chi connectivity index (χ1v) is 7.91. The van der Waals surface area contributed by atoms with Gasteiger partial charge in [-0.25, -0.2) is 0 Å². The van der Waals surface area contributed by atoms with Crippen molar-refractivity contribution in [1.29, 1.82) is 0 Å². The fourth-order valence-electron chi connectivity index (χ4n) is 2.52. The highest BCUT2D eigenvalue weighted by Crippen LogP contribution is 2.22. The van der Waals surface area contributed by atoms with Gasteiger partial charge in [0.15, 0.2) is 0 Å². The number of alkyl halides is 1. The Bertz CT molecular complexity index is 121. The Morgan fingerprint density at radius 2 is 1.12 bits per heavy atom. The number of hydrogen-bond acceptors (Lipinski definition) is 0. The molecule has 17 heavy (non-hydrogen) atoms. The maximum absolute atomic E-state index is 12.2. The van der Waals surface area contributed by atoms with Crippen molar-refractivity contribution in [2.75, 3.05) is 6.67 Å². The number of unbranched alkanes of at least 4 members (excludes halogenated alkanes) is 6. The van der Waals surface area contributed by atoms with Crippen LogP contribution in [-0.4, -0.2) is 6.67 Å². The molecule has 0 aromatic heterocycles. The molecule has 0 atom stereocenters. The third-order valence-corrected chi connectivity index (χ3v) is 3.68. The Hall–Kier alpha value is -0.0700. The average molecular weight is 244 g/mol. The lowest BCUT2D eigenvalue weighted by molar-refractivity contribution is 0.348. The van der Waals surface area contributed by atoms with Crippen LogP contribution in [0.3, 0.4) is 0 Å². The van der Waals surface area contributed by atoms with Gasteiger partial charge in [-0.2, -0.15) is 0 Å². The molecule has 0 bridgehead atoms. The Labute approximate surface area is 108 Å². The van der Waals surface area contributed by atoms with E-state index in [-0.39, 0.29) is 6.67 Å². The Morgan fingerprint density at radius 1 is 0.647 bits per heavy atom. The van der Waals surface area contributed by atoms with Crippen LogP contribution < -0.4 is 0 Å². The molecule has 0 aromatic carbocycles. The van der Waals surface area contributed by atoms with Crippen LogP contribution in [0, 0.1) is 5.92 Å². The minimum absolute atomic E-state index is 0.125. The van der Waals surface area contributed by atoms with Crippen molar-refractivity contribution >= 4 is 0 Å². The van der Waals surface area contributed by atoms with Gasteiger partial charge in [0.1, 0.15) is 0 Å². The number of hydrogen-bond donors (Lipinski definition) is 0. The van der Waals surface area contributed by atoms with Gasteiger partial charge in [-0.1, -0.05) is 78.1 Å². The minimum Gasteiger partial charge on any atom is -0.251 e. The van der Waals surface area contributed by atoms with Crippen LogP contribution in [-0.2, 0) is 0 Å². The first-order chi connectivity index (χ1) is 8.35. The van der Waals surface area contributed by atoms with Crippen LogP contribution in [0.2, 0.25) is 0 Å². The molecule has 104 valence electrons. The van der Waals surface area contributed by atoms with Crippen LogP contribution in [0.4, 0.5) is 4.39 Å². The zero-order valence-electron chi connectivity index (χ0n) is 12.1. The van der Waals surface area contributed by atoms with E-state index in [0.29, 0.717) is 0 Å². The molecule has 0 nitrogen and oxygen atoms in total. The molecule has 0 fully saturated rings. The molecule has 0 saturated carbocycles. The third kappa shape index (κ3) is 12.2. The number of rotatable bonds is 13. The summed E-state index contributed by atoms with van der Waals surface area (Å²) in [5, 5.41) is 0. The van der Waals surface area contributed by atoms with Crippen molar-refractivity contribution < 1.29 is 4.39 Å². The summed E-state index contributed by atoms with van der Waals surface area (Å²) < 4.78 is 12.2. The molecule has 0 aliphatic heterocycles. The molecule has 0 aromatic rings. The van der Waals surface area contributed by atoms with E-state index in [4.69, 9.17) is 0 Å². The lowest BCUT2D eigenvalue weighted by atomic mass is 9.91. The summed E-state index contributed by atoms with van der Waals surface area (Å²) in [6.07, 6.45) is 15.4. The first kappa shape index (κ1) is 16.9. The summed E-state index contributed by atoms with van der Waals surface area (Å²) in [5.74, 6) is 0.805. The topological polar surface area (TPSA) is 0 Å². The van der Waals surface area contributed by atoms with Crippen molar-refractivity contribution in [2.45, 2.75) is 90.9 Å². The second-order valence-corrected chi connectivity index (χ2v) is 5.40. The van der Waals surface area contributed by atoms with Gasteiger partial charge in [0.2, 0.25) is 0 Å². The Kier molecular flexibility index (Phi) is 13.9. The number of halogens is 1. The van der Waals surface area contributed by atoms with Crippen LogP contribution >= 0.6 is 0 Å². The standard InChI is InChI=1S/C16H33F/c1-3-5-7-9-12-16(14-11-15-17)13-10-8-6-4-2/h16H,3-15H2,1-2H3. The van der Waals surface area contributed by atoms with Gasteiger partial charge in [0.25, 0.3) is 0 Å². The maximum Gasteiger partial charge on any atom is 0.0894 e. The summed E-state index contributed by atoms with van der Waals surface area (Å²) in [4.78, 5) is 0. The monoisotopic (exact) mass is 244 g/mol. The first-order valence-electron chi connectivity index (χ1n) is 7.91. The summed E-state index contributed by atoms with van der Waals surface area (Å²) in [7, 11) is 0. The van der Waals surface area contributed by atoms with Gasteiger partial charge in [-0.3, -0.25) is 4.39 Å². The normalized spacial score (nSPS) is 11.3. The van der Waals surface area contributed by atoms with Crippen molar-refractivity contribution in [2.24, 2.45) is 5.92 Å². The minimum atomic E-state index is -0.125. The maximum atomic E-state index is 12.2. The lowest BCUT2D eigenvalue weighted by Gasteiger charge is -2.16. The van der Waals surface area contributed by atoms with E-state index in [1.807, 2.05) is 0 Å². The van der Waals surface area contributed by atoms with Crippen LogP contribution in [0.5, 0.6) is 0 Å². The zero-order valence-corrected chi connectivity index (χ0v) is 12.1. The zero-order chi connectivity index (χ0) is 12.8. The molecule has 0 aliphatic carbocycles. The van der Waals surface area contributed by atoms with Gasteiger partial charge in [0.05, 0.1) is 6.67 Å². The van der Waals surface area contributed by atoms with E-state index < -0.39 is 0 Å². The molecule has 0 spiro atoms. The Morgan fingerprint density at radius 3 is 1.53 bits per heavy atom. The van der Waals surface area contributed by atoms with Crippen molar-refractivity contribution in [3.63, 3.8) is 0 Å². The van der Waals surface area contributed by atoms with Crippen LogP contribution in [0.15, 0.2) is 0 Å². The van der Waals surface area contributed by atoms with Gasteiger partial charge >= 0.3 is 0 Å². The highest BCUT2D eigenvalue weighted by molar-refractivity contribution is 4.61. The lowest BCUT2D eigenvalue weighted by Crippen LogP contribution is -2.02. The van der Waals surface area contributed by atoms with Gasteiger partial charge in [0, 0.05) is 0 Å². The fourth-order valence-corrected chi connectivity index (χ4v) is 2.52. The van der Waals surface area contributed by atoms with E-state index in [1.165, 1.54) is 64.2 Å². The van der Waals surface area contributed by atoms with E-state index >= 15 is 0 Å². The molecule has 0 unspecified atom stereocenters. The summed E-state index contributed by atoms with van der Waals surface area (Å²) >= 11 is 0. The molecular weight excluding hydrogens is 211 g/mol. The summed E-state index contributed by atoms with van der Waals surface area (Å²) in [5.41, 5.74) is 0. The third-order valence-electron chi connectivity index (χ3n) is 3.68. The molecule has 0 radical (unpaired) electrons. The largest absolute Gasteiger partial charge is 0.251 e. The van der Waals surface area contributed by atoms with Crippen LogP contribution in [0.1, 0.15) is 90.9 Å².